The van der Waals surface area contributed by atoms with E-state index < -0.39 is 27.6 Å². The van der Waals surface area contributed by atoms with Crippen LogP contribution in [0.1, 0.15) is 38.7 Å². The number of amides is 3. The molecule has 3 amide bonds. The molecule has 0 aliphatic carbocycles. The summed E-state index contributed by atoms with van der Waals surface area (Å²) in [4.78, 5) is 23.6. The highest BCUT2D eigenvalue weighted by atomic mass is 32.2. The van der Waals surface area contributed by atoms with Crippen molar-refractivity contribution in [1.82, 2.24) is 10.2 Å². The number of hydrogen-bond acceptors (Lipinski definition) is 6. The second kappa shape index (κ2) is 10.7. The summed E-state index contributed by atoms with van der Waals surface area (Å²) in [6, 6.07) is 3.91. The van der Waals surface area contributed by atoms with Crippen LogP contribution in [-0.4, -0.2) is 63.3 Å². The van der Waals surface area contributed by atoms with Crippen molar-refractivity contribution in [2.75, 3.05) is 38.0 Å². The first-order valence-corrected chi connectivity index (χ1v) is 11.7. The van der Waals surface area contributed by atoms with E-state index in [1.807, 2.05) is 13.8 Å². The second-order valence-electron chi connectivity index (χ2n) is 7.85. The quantitative estimate of drug-likeness (QED) is 0.392. The molecule has 0 aromatic heterocycles. The number of hydrogen-bond donors (Lipinski definition) is 1. The van der Waals surface area contributed by atoms with Crippen LogP contribution in [0.25, 0.3) is 0 Å². The predicted molar refractivity (Wildman–Crippen MR) is 109 cm³/mol. The third-order valence-electron chi connectivity index (χ3n) is 4.46. The van der Waals surface area contributed by atoms with Gasteiger partial charge in [-0.2, -0.15) is 0 Å². The number of imide groups is 1. The van der Waals surface area contributed by atoms with Gasteiger partial charge in [-0.1, -0.05) is 26.8 Å². The summed E-state index contributed by atoms with van der Waals surface area (Å²) in [6.07, 6.45) is 0.268. The molecule has 0 unspecified atom stereocenters. The number of nitrogens with zero attached hydrogens (tertiary/aromatic N) is 1. The maximum atomic E-state index is 13.9. The van der Waals surface area contributed by atoms with Crippen LogP contribution in [0.2, 0.25) is 0 Å². The van der Waals surface area contributed by atoms with Gasteiger partial charge < -0.3 is 9.47 Å². The Hall–Kier alpha value is -2.20. The second-order valence-corrected chi connectivity index (χ2v) is 10.1. The fraction of sp³-hybridized carbons (Fsp3) is 0.600. The lowest BCUT2D eigenvalue weighted by molar-refractivity contribution is -0.118. The topological polar surface area (TPSA) is 102 Å². The van der Waals surface area contributed by atoms with Crippen LogP contribution in [0.3, 0.4) is 0 Å². The van der Waals surface area contributed by atoms with Crippen molar-refractivity contribution in [3.05, 3.63) is 29.6 Å². The molecular formula is C20H29FN2O6S. The van der Waals surface area contributed by atoms with Gasteiger partial charge >= 0.3 is 6.03 Å². The molecule has 0 saturated carbocycles. The zero-order valence-electron chi connectivity index (χ0n) is 17.5. The van der Waals surface area contributed by atoms with E-state index in [2.05, 4.69) is 5.32 Å². The molecule has 1 fully saturated rings. The maximum absolute atomic E-state index is 13.9. The van der Waals surface area contributed by atoms with Gasteiger partial charge in [-0.25, -0.2) is 17.6 Å². The zero-order valence-corrected chi connectivity index (χ0v) is 18.3. The normalized spacial score (nSPS) is 15.6. The molecule has 0 radical (unpaired) electrons. The van der Waals surface area contributed by atoms with Crippen LogP contribution >= 0.6 is 0 Å². The molecule has 30 heavy (non-hydrogen) atoms. The Morgan fingerprint density at radius 2 is 1.97 bits per heavy atom. The van der Waals surface area contributed by atoms with Crippen LogP contribution < -0.4 is 10.1 Å². The number of ether oxygens (including phenoxy) is 2. The molecule has 1 aromatic rings. The minimum absolute atomic E-state index is 0.0603. The van der Waals surface area contributed by atoms with Gasteiger partial charge in [0.1, 0.15) is 13.3 Å². The number of carbonyl (C=O) groups excluding carboxylic acids is 2. The molecule has 0 spiro atoms. The average molecular weight is 445 g/mol. The lowest BCUT2D eigenvalue weighted by Crippen LogP contribution is -2.30. The van der Waals surface area contributed by atoms with Crippen molar-refractivity contribution in [2.45, 2.75) is 33.1 Å². The number of sulfone groups is 1. The summed E-state index contributed by atoms with van der Waals surface area (Å²) in [5.41, 5.74) is 0.694. The van der Waals surface area contributed by atoms with E-state index in [1.165, 1.54) is 11.0 Å². The molecule has 1 aliphatic heterocycles. The van der Waals surface area contributed by atoms with Gasteiger partial charge in [0, 0.05) is 6.61 Å². The first-order valence-electron chi connectivity index (χ1n) is 9.86. The van der Waals surface area contributed by atoms with Crippen LogP contribution in [-0.2, 0) is 19.4 Å². The highest BCUT2D eigenvalue weighted by molar-refractivity contribution is 7.91. The molecule has 1 saturated heterocycles. The number of halogens is 1. The fourth-order valence-electron chi connectivity index (χ4n) is 2.90. The van der Waals surface area contributed by atoms with Crippen LogP contribution in [0, 0.1) is 11.7 Å². The van der Waals surface area contributed by atoms with Gasteiger partial charge in [0.15, 0.2) is 21.4 Å². The minimum Gasteiger partial charge on any atom is -0.490 e. The predicted octanol–water partition coefficient (Wildman–Crippen LogP) is 2.29. The van der Waals surface area contributed by atoms with Crippen LogP contribution in [0.4, 0.5) is 9.18 Å². The van der Waals surface area contributed by atoms with Crippen molar-refractivity contribution in [1.29, 1.82) is 0 Å². The van der Waals surface area contributed by atoms with Gasteiger partial charge in [-0.05, 0) is 36.0 Å². The summed E-state index contributed by atoms with van der Waals surface area (Å²) in [7, 11) is -3.36. The SMILES string of the molecule is CC(C)COc1cc([C@@H](C)CS(=O)(=O)CCCOCN2CC(=O)NC2=O)ccc1F. The highest BCUT2D eigenvalue weighted by Gasteiger charge is 2.26. The Morgan fingerprint density at radius 3 is 2.60 bits per heavy atom. The Bertz CT molecular complexity index is 859. The molecule has 8 nitrogen and oxygen atoms in total. The van der Waals surface area contributed by atoms with E-state index in [0.717, 1.165) is 0 Å². The first-order chi connectivity index (χ1) is 14.1. The molecule has 10 heteroatoms. The van der Waals surface area contributed by atoms with Crippen molar-refractivity contribution in [2.24, 2.45) is 5.92 Å². The van der Waals surface area contributed by atoms with Crippen LogP contribution in [0.15, 0.2) is 18.2 Å². The minimum atomic E-state index is -3.36. The van der Waals surface area contributed by atoms with Gasteiger partial charge in [0.05, 0.1) is 18.1 Å². The smallest absolute Gasteiger partial charge is 0.326 e. The summed E-state index contributed by atoms with van der Waals surface area (Å²) in [5.74, 6) is -0.960. The number of carbonyl (C=O) groups is 2. The van der Waals surface area contributed by atoms with E-state index in [9.17, 15) is 22.4 Å². The molecule has 1 aliphatic rings. The number of urea groups is 1. The van der Waals surface area contributed by atoms with Crippen molar-refractivity contribution >= 4 is 21.8 Å². The lowest BCUT2D eigenvalue weighted by Gasteiger charge is -2.16. The molecule has 1 heterocycles. The summed E-state index contributed by atoms with van der Waals surface area (Å²) in [5, 5.41) is 2.13. The molecule has 1 atom stereocenters. The summed E-state index contributed by atoms with van der Waals surface area (Å²) >= 11 is 0. The van der Waals surface area contributed by atoms with Crippen molar-refractivity contribution in [3.8, 4) is 5.75 Å². The van der Waals surface area contributed by atoms with E-state index in [0.29, 0.717) is 12.2 Å². The van der Waals surface area contributed by atoms with E-state index in [-0.39, 0.29) is 55.4 Å². The summed E-state index contributed by atoms with van der Waals surface area (Å²) < 4.78 is 49.5. The molecule has 168 valence electrons. The van der Waals surface area contributed by atoms with Gasteiger partial charge in [-0.3, -0.25) is 15.0 Å². The Morgan fingerprint density at radius 1 is 1.23 bits per heavy atom. The first kappa shape index (κ1) is 24.1. The maximum Gasteiger partial charge on any atom is 0.326 e. The average Bonchev–Trinajstić information content (AvgIpc) is 2.97. The van der Waals surface area contributed by atoms with Crippen LogP contribution in [0.5, 0.6) is 5.75 Å². The van der Waals surface area contributed by atoms with E-state index >= 15 is 0 Å². The number of nitrogens with one attached hydrogen (secondary N) is 1. The Labute approximate surface area is 176 Å². The van der Waals surface area contributed by atoms with Crippen molar-refractivity contribution < 1.29 is 31.9 Å². The highest BCUT2D eigenvalue weighted by Crippen LogP contribution is 2.25. The van der Waals surface area contributed by atoms with E-state index in [4.69, 9.17) is 9.47 Å². The largest absolute Gasteiger partial charge is 0.490 e. The summed E-state index contributed by atoms with van der Waals surface area (Å²) in [6.45, 7) is 6.09. The number of benzene rings is 1. The third-order valence-corrected chi connectivity index (χ3v) is 6.38. The third kappa shape index (κ3) is 7.56. The Kier molecular flexibility index (Phi) is 8.60. The van der Waals surface area contributed by atoms with Gasteiger partial charge in [0.2, 0.25) is 5.91 Å². The van der Waals surface area contributed by atoms with Crippen molar-refractivity contribution in [3.63, 3.8) is 0 Å². The molecule has 1 N–H and O–H groups in total. The van der Waals surface area contributed by atoms with Gasteiger partial charge in [-0.15, -0.1) is 0 Å². The van der Waals surface area contributed by atoms with E-state index in [1.54, 1.807) is 19.1 Å². The molecule has 1 aromatic carbocycles. The zero-order chi connectivity index (χ0) is 22.3. The number of rotatable bonds is 12. The standard InChI is InChI=1S/C20H29FN2O6S/c1-14(2)11-29-18-9-16(5-6-17(18)21)15(3)12-30(26,27)8-4-7-28-13-23-10-19(24)22-20(23)25/h5-6,9,14-15H,4,7-8,10-13H2,1-3H3,(H,22,24,25)/t15-/m0/s1. The molecule has 0 bridgehead atoms. The molecule has 2 rings (SSSR count). The van der Waals surface area contributed by atoms with Gasteiger partial charge in [0.25, 0.3) is 0 Å². The fourth-order valence-corrected chi connectivity index (χ4v) is 4.58. The molecular weight excluding hydrogens is 415 g/mol. The monoisotopic (exact) mass is 444 g/mol. The lowest BCUT2D eigenvalue weighted by atomic mass is 10.0. The Balaban J connectivity index is 1.79.